The van der Waals surface area contributed by atoms with Gasteiger partial charge in [0.15, 0.2) is 0 Å². The summed E-state index contributed by atoms with van der Waals surface area (Å²) in [5.74, 6) is 0.821. The number of aliphatic hydroxyl groups is 1. The van der Waals surface area contributed by atoms with E-state index in [0.717, 1.165) is 6.42 Å². The van der Waals surface area contributed by atoms with Gasteiger partial charge in [0, 0.05) is 0 Å². The van der Waals surface area contributed by atoms with Crippen molar-refractivity contribution in [2.75, 3.05) is 0 Å². The smallest absolute Gasteiger partial charge is 0.0837 e. The first-order valence-electron chi connectivity index (χ1n) is 4.91. The van der Waals surface area contributed by atoms with Crippen molar-refractivity contribution in [3.05, 3.63) is 0 Å². The van der Waals surface area contributed by atoms with Gasteiger partial charge in [-0.05, 0) is 25.2 Å². The fourth-order valence-corrected chi connectivity index (χ4v) is 1.89. The number of aliphatic hydroxyl groups excluding tert-OH is 1. The van der Waals surface area contributed by atoms with Crippen LogP contribution in [0.5, 0.6) is 0 Å². The van der Waals surface area contributed by atoms with Crippen LogP contribution in [-0.2, 0) is 4.74 Å². The molecule has 0 aliphatic carbocycles. The van der Waals surface area contributed by atoms with Crippen LogP contribution in [0.4, 0.5) is 0 Å². The molecule has 0 aromatic rings. The highest BCUT2D eigenvalue weighted by Gasteiger charge is 2.37. The van der Waals surface area contributed by atoms with E-state index in [2.05, 4.69) is 27.7 Å². The first-order valence-corrected chi connectivity index (χ1v) is 4.91. The third kappa shape index (κ3) is 1.64. The summed E-state index contributed by atoms with van der Waals surface area (Å²) in [6.07, 6.45) is 0.962. The van der Waals surface area contributed by atoms with Gasteiger partial charge in [-0.25, -0.2) is 0 Å². The molecule has 2 nitrogen and oxygen atoms in total. The fraction of sp³-hybridized carbons (Fsp3) is 1.00. The van der Waals surface area contributed by atoms with Gasteiger partial charge in [-0.15, -0.1) is 0 Å². The molecule has 1 aliphatic rings. The van der Waals surface area contributed by atoms with Gasteiger partial charge in [0.25, 0.3) is 0 Å². The zero-order valence-corrected chi connectivity index (χ0v) is 8.45. The molecule has 1 heterocycles. The maximum Gasteiger partial charge on any atom is 0.0837 e. The number of ether oxygens (including phenoxy) is 1. The third-order valence-corrected chi connectivity index (χ3v) is 3.28. The molecular formula is C10H20O2. The minimum Gasteiger partial charge on any atom is -0.390 e. The summed E-state index contributed by atoms with van der Waals surface area (Å²) < 4.78 is 5.68. The lowest BCUT2D eigenvalue weighted by Crippen LogP contribution is -2.47. The van der Waals surface area contributed by atoms with E-state index in [4.69, 9.17) is 4.74 Å². The summed E-state index contributed by atoms with van der Waals surface area (Å²) in [5.41, 5.74) is 0. The molecule has 0 bridgehead atoms. The van der Waals surface area contributed by atoms with Crippen LogP contribution in [0.25, 0.3) is 0 Å². The molecule has 0 saturated carbocycles. The second-order valence-corrected chi connectivity index (χ2v) is 4.00. The quantitative estimate of drug-likeness (QED) is 0.653. The zero-order chi connectivity index (χ0) is 9.30. The summed E-state index contributed by atoms with van der Waals surface area (Å²) in [5, 5.41) is 9.80. The van der Waals surface area contributed by atoms with E-state index in [0.29, 0.717) is 11.8 Å². The van der Waals surface area contributed by atoms with Crippen LogP contribution in [0.1, 0.15) is 34.1 Å². The maximum atomic E-state index is 9.80. The summed E-state index contributed by atoms with van der Waals surface area (Å²) in [6, 6.07) is 0. The molecule has 0 radical (unpaired) electrons. The SMILES string of the molecule is CCC1O[C@H](C)C(C)C(C)[C@@H]1O. The molecule has 5 atom stereocenters. The predicted molar refractivity (Wildman–Crippen MR) is 49.0 cm³/mol. The number of hydrogen-bond acceptors (Lipinski definition) is 2. The van der Waals surface area contributed by atoms with E-state index in [-0.39, 0.29) is 18.3 Å². The van der Waals surface area contributed by atoms with E-state index >= 15 is 0 Å². The van der Waals surface area contributed by atoms with Crippen molar-refractivity contribution < 1.29 is 9.84 Å². The molecule has 0 spiro atoms. The molecule has 3 unspecified atom stereocenters. The Balaban J connectivity index is 2.63. The van der Waals surface area contributed by atoms with Crippen LogP contribution in [-0.4, -0.2) is 23.4 Å². The summed E-state index contributed by atoms with van der Waals surface area (Å²) in [7, 11) is 0. The number of rotatable bonds is 1. The molecule has 1 fully saturated rings. The van der Waals surface area contributed by atoms with Gasteiger partial charge in [0.1, 0.15) is 0 Å². The van der Waals surface area contributed by atoms with E-state index in [1.54, 1.807) is 0 Å². The molecule has 1 rings (SSSR count). The van der Waals surface area contributed by atoms with Gasteiger partial charge in [-0.2, -0.15) is 0 Å². The second kappa shape index (κ2) is 3.75. The van der Waals surface area contributed by atoms with Crippen molar-refractivity contribution in [2.24, 2.45) is 11.8 Å². The Kier molecular flexibility index (Phi) is 3.13. The normalized spacial score (nSPS) is 49.2. The standard InChI is InChI=1S/C10H20O2/c1-5-9-10(11)7(3)6(2)8(4)12-9/h6-11H,5H2,1-4H3/t6?,7?,8-,9?,10+/m1/s1. The predicted octanol–water partition coefficient (Wildman–Crippen LogP) is 1.82. The Morgan fingerprint density at radius 1 is 1.17 bits per heavy atom. The highest BCUT2D eigenvalue weighted by Crippen LogP contribution is 2.31. The van der Waals surface area contributed by atoms with Crippen LogP contribution >= 0.6 is 0 Å². The molecule has 1 saturated heterocycles. The van der Waals surface area contributed by atoms with Crippen LogP contribution in [0.2, 0.25) is 0 Å². The largest absolute Gasteiger partial charge is 0.390 e. The second-order valence-electron chi connectivity index (χ2n) is 4.00. The van der Waals surface area contributed by atoms with Crippen LogP contribution in [0.15, 0.2) is 0 Å². The fourth-order valence-electron chi connectivity index (χ4n) is 1.89. The van der Waals surface area contributed by atoms with Crippen molar-refractivity contribution in [1.82, 2.24) is 0 Å². The van der Waals surface area contributed by atoms with Gasteiger partial charge in [-0.3, -0.25) is 0 Å². The molecule has 72 valence electrons. The summed E-state index contributed by atoms with van der Waals surface area (Å²) in [6.45, 7) is 8.40. The van der Waals surface area contributed by atoms with Gasteiger partial charge in [-0.1, -0.05) is 20.8 Å². The number of hydrogen-bond donors (Lipinski definition) is 1. The summed E-state index contributed by atoms with van der Waals surface area (Å²) in [4.78, 5) is 0. The Morgan fingerprint density at radius 2 is 1.75 bits per heavy atom. The molecule has 12 heavy (non-hydrogen) atoms. The molecule has 2 heteroatoms. The lowest BCUT2D eigenvalue weighted by Gasteiger charge is -2.41. The van der Waals surface area contributed by atoms with Crippen LogP contribution in [0, 0.1) is 11.8 Å². The van der Waals surface area contributed by atoms with E-state index in [1.165, 1.54) is 0 Å². The van der Waals surface area contributed by atoms with Crippen molar-refractivity contribution >= 4 is 0 Å². The first-order chi connectivity index (χ1) is 5.57. The van der Waals surface area contributed by atoms with Crippen molar-refractivity contribution in [1.29, 1.82) is 0 Å². The Labute approximate surface area is 74.9 Å². The third-order valence-electron chi connectivity index (χ3n) is 3.28. The highest BCUT2D eigenvalue weighted by molar-refractivity contribution is 4.85. The van der Waals surface area contributed by atoms with Gasteiger partial charge >= 0.3 is 0 Å². The van der Waals surface area contributed by atoms with E-state index < -0.39 is 0 Å². The Bertz CT molecular complexity index is 142. The minimum atomic E-state index is -0.277. The molecule has 0 aromatic heterocycles. The Hall–Kier alpha value is -0.0800. The molecular weight excluding hydrogens is 152 g/mol. The lowest BCUT2D eigenvalue weighted by molar-refractivity contribution is -0.162. The van der Waals surface area contributed by atoms with Gasteiger partial charge in [0.05, 0.1) is 18.3 Å². The van der Waals surface area contributed by atoms with Crippen molar-refractivity contribution in [3.8, 4) is 0 Å². The zero-order valence-electron chi connectivity index (χ0n) is 8.45. The van der Waals surface area contributed by atoms with Crippen LogP contribution < -0.4 is 0 Å². The highest BCUT2D eigenvalue weighted by atomic mass is 16.5. The molecule has 0 aromatic carbocycles. The molecule has 0 amide bonds. The van der Waals surface area contributed by atoms with E-state index in [9.17, 15) is 5.11 Å². The Morgan fingerprint density at radius 3 is 2.25 bits per heavy atom. The monoisotopic (exact) mass is 172 g/mol. The van der Waals surface area contributed by atoms with Crippen molar-refractivity contribution in [3.63, 3.8) is 0 Å². The van der Waals surface area contributed by atoms with E-state index in [1.807, 2.05) is 0 Å². The first kappa shape index (κ1) is 10.0. The van der Waals surface area contributed by atoms with Gasteiger partial charge < -0.3 is 9.84 Å². The summed E-state index contributed by atoms with van der Waals surface area (Å²) >= 11 is 0. The maximum absolute atomic E-state index is 9.80. The minimum absolute atomic E-state index is 0.0474. The average Bonchev–Trinajstić information content (AvgIpc) is 2.08. The van der Waals surface area contributed by atoms with Crippen molar-refractivity contribution in [2.45, 2.75) is 52.4 Å². The topological polar surface area (TPSA) is 29.5 Å². The molecule has 1 aliphatic heterocycles. The lowest BCUT2D eigenvalue weighted by atomic mass is 9.81. The van der Waals surface area contributed by atoms with Gasteiger partial charge in [0.2, 0.25) is 0 Å². The average molecular weight is 172 g/mol. The van der Waals surface area contributed by atoms with Crippen LogP contribution in [0.3, 0.4) is 0 Å². The molecule has 1 N–H and O–H groups in total.